The lowest BCUT2D eigenvalue weighted by atomic mass is 10.3. The first kappa shape index (κ1) is 11.5. The van der Waals surface area contributed by atoms with Gasteiger partial charge in [0.2, 0.25) is 0 Å². The average Bonchev–Trinajstić information content (AvgIpc) is 2.96. The molecule has 1 aromatic rings. The van der Waals surface area contributed by atoms with Crippen LogP contribution in [0.5, 0.6) is 0 Å². The molecule has 0 aliphatic heterocycles. The standard InChI is InChI=1S/C12H17NO2S/c1-2-3-6-13(9-4-5-9)10-7-11(12(14)15)16-8-10/h7-9H,2-6H2,1H3,(H,14,15). The zero-order valence-electron chi connectivity index (χ0n) is 9.48. The molecule has 1 fully saturated rings. The second-order valence-electron chi connectivity index (χ2n) is 4.25. The number of carboxylic acid groups (broad SMARTS) is 1. The van der Waals surface area contributed by atoms with Crippen molar-refractivity contribution in [1.29, 1.82) is 0 Å². The molecule has 0 aromatic carbocycles. The van der Waals surface area contributed by atoms with E-state index in [1.807, 2.05) is 5.38 Å². The van der Waals surface area contributed by atoms with Crippen molar-refractivity contribution < 1.29 is 9.90 Å². The molecule has 1 aliphatic rings. The Labute approximate surface area is 99.7 Å². The van der Waals surface area contributed by atoms with Gasteiger partial charge in [-0.25, -0.2) is 4.79 Å². The van der Waals surface area contributed by atoms with E-state index >= 15 is 0 Å². The summed E-state index contributed by atoms with van der Waals surface area (Å²) < 4.78 is 0. The van der Waals surface area contributed by atoms with Gasteiger partial charge >= 0.3 is 5.97 Å². The maximum absolute atomic E-state index is 10.8. The Morgan fingerprint density at radius 1 is 1.62 bits per heavy atom. The number of carbonyl (C=O) groups is 1. The molecule has 1 aromatic heterocycles. The van der Waals surface area contributed by atoms with E-state index in [0.717, 1.165) is 12.2 Å². The van der Waals surface area contributed by atoms with Crippen LogP contribution in [0, 0.1) is 0 Å². The smallest absolute Gasteiger partial charge is 0.345 e. The molecule has 2 rings (SSSR count). The second-order valence-corrected chi connectivity index (χ2v) is 5.16. The number of thiophene rings is 1. The lowest BCUT2D eigenvalue weighted by Crippen LogP contribution is -2.26. The Balaban J connectivity index is 2.08. The van der Waals surface area contributed by atoms with Crippen molar-refractivity contribution in [2.45, 2.75) is 38.6 Å². The van der Waals surface area contributed by atoms with E-state index in [4.69, 9.17) is 5.11 Å². The highest BCUT2D eigenvalue weighted by Crippen LogP contribution is 2.34. The second kappa shape index (κ2) is 4.87. The maximum atomic E-state index is 10.8. The van der Waals surface area contributed by atoms with Crippen LogP contribution in [0.4, 0.5) is 5.69 Å². The van der Waals surface area contributed by atoms with Gasteiger partial charge in [0.05, 0.1) is 0 Å². The molecule has 0 bridgehead atoms. The largest absolute Gasteiger partial charge is 0.477 e. The molecular formula is C12H17NO2S. The molecule has 0 radical (unpaired) electrons. The van der Waals surface area contributed by atoms with Gasteiger partial charge in [-0.2, -0.15) is 0 Å². The molecule has 1 N–H and O–H groups in total. The van der Waals surface area contributed by atoms with Crippen molar-refractivity contribution in [2.75, 3.05) is 11.4 Å². The van der Waals surface area contributed by atoms with Gasteiger partial charge in [-0.15, -0.1) is 11.3 Å². The molecule has 16 heavy (non-hydrogen) atoms. The third-order valence-corrected chi connectivity index (χ3v) is 3.77. The molecule has 0 atom stereocenters. The van der Waals surface area contributed by atoms with Gasteiger partial charge in [-0.1, -0.05) is 13.3 Å². The van der Waals surface area contributed by atoms with Crippen LogP contribution < -0.4 is 4.90 Å². The zero-order valence-corrected chi connectivity index (χ0v) is 10.3. The number of rotatable bonds is 6. The Bertz CT molecular complexity index is 371. The van der Waals surface area contributed by atoms with Crippen molar-refractivity contribution in [3.8, 4) is 0 Å². The van der Waals surface area contributed by atoms with E-state index < -0.39 is 5.97 Å². The monoisotopic (exact) mass is 239 g/mol. The third-order valence-electron chi connectivity index (χ3n) is 2.87. The van der Waals surface area contributed by atoms with Crippen molar-refractivity contribution in [1.82, 2.24) is 0 Å². The predicted octanol–water partition coefficient (Wildman–Crippen LogP) is 3.22. The summed E-state index contributed by atoms with van der Waals surface area (Å²) in [6.45, 7) is 3.23. The Morgan fingerprint density at radius 3 is 2.88 bits per heavy atom. The zero-order chi connectivity index (χ0) is 11.5. The SMILES string of the molecule is CCCCN(c1csc(C(=O)O)c1)C1CC1. The Kier molecular flexibility index (Phi) is 3.49. The number of nitrogens with zero attached hydrogens (tertiary/aromatic N) is 1. The molecule has 88 valence electrons. The van der Waals surface area contributed by atoms with E-state index in [9.17, 15) is 4.79 Å². The number of carboxylic acids is 1. The summed E-state index contributed by atoms with van der Waals surface area (Å²) in [5.41, 5.74) is 1.10. The van der Waals surface area contributed by atoms with E-state index in [1.165, 1.54) is 37.0 Å². The number of hydrogen-bond acceptors (Lipinski definition) is 3. The maximum Gasteiger partial charge on any atom is 0.345 e. The lowest BCUT2D eigenvalue weighted by molar-refractivity contribution is 0.0702. The summed E-state index contributed by atoms with van der Waals surface area (Å²) >= 11 is 1.32. The van der Waals surface area contributed by atoms with Crippen LogP contribution in [0.1, 0.15) is 42.3 Å². The van der Waals surface area contributed by atoms with Crippen LogP contribution in [0.3, 0.4) is 0 Å². The first-order valence-electron chi connectivity index (χ1n) is 5.81. The fourth-order valence-electron chi connectivity index (χ4n) is 1.83. The van der Waals surface area contributed by atoms with Crippen molar-refractivity contribution in [3.05, 3.63) is 16.3 Å². The van der Waals surface area contributed by atoms with Crippen LogP contribution in [-0.4, -0.2) is 23.7 Å². The highest BCUT2D eigenvalue weighted by atomic mass is 32.1. The fourth-order valence-corrected chi connectivity index (χ4v) is 2.57. The van der Waals surface area contributed by atoms with Gasteiger partial charge in [-0.05, 0) is 25.3 Å². The van der Waals surface area contributed by atoms with E-state index in [-0.39, 0.29) is 0 Å². The average molecular weight is 239 g/mol. The Hall–Kier alpha value is -1.03. The summed E-state index contributed by atoms with van der Waals surface area (Å²) in [4.78, 5) is 13.6. The summed E-state index contributed by atoms with van der Waals surface area (Å²) in [6.07, 6.45) is 4.86. The van der Waals surface area contributed by atoms with Crippen LogP contribution in [-0.2, 0) is 0 Å². The highest BCUT2D eigenvalue weighted by molar-refractivity contribution is 7.12. The Morgan fingerprint density at radius 2 is 2.38 bits per heavy atom. The molecular weight excluding hydrogens is 222 g/mol. The summed E-state index contributed by atoms with van der Waals surface area (Å²) in [7, 11) is 0. The summed E-state index contributed by atoms with van der Waals surface area (Å²) in [5, 5.41) is 10.9. The third kappa shape index (κ3) is 2.55. The van der Waals surface area contributed by atoms with Gasteiger partial charge in [0.1, 0.15) is 4.88 Å². The molecule has 1 saturated carbocycles. The fraction of sp³-hybridized carbons (Fsp3) is 0.583. The highest BCUT2D eigenvalue weighted by Gasteiger charge is 2.29. The summed E-state index contributed by atoms with van der Waals surface area (Å²) in [6, 6.07) is 2.46. The van der Waals surface area contributed by atoms with Gasteiger partial charge in [0.25, 0.3) is 0 Å². The van der Waals surface area contributed by atoms with E-state index in [0.29, 0.717) is 10.9 Å². The summed E-state index contributed by atoms with van der Waals surface area (Å²) in [5.74, 6) is -0.817. The van der Waals surface area contributed by atoms with Crippen LogP contribution in [0.15, 0.2) is 11.4 Å². The molecule has 3 nitrogen and oxygen atoms in total. The lowest BCUT2D eigenvalue weighted by Gasteiger charge is -2.22. The normalized spacial score (nSPS) is 15.1. The first-order chi connectivity index (χ1) is 7.72. The van der Waals surface area contributed by atoms with Gasteiger partial charge < -0.3 is 10.0 Å². The molecule has 0 unspecified atom stereocenters. The minimum Gasteiger partial charge on any atom is -0.477 e. The van der Waals surface area contributed by atoms with E-state index in [2.05, 4.69) is 11.8 Å². The molecule has 4 heteroatoms. The van der Waals surface area contributed by atoms with Gasteiger partial charge in [0.15, 0.2) is 0 Å². The van der Waals surface area contributed by atoms with Crippen LogP contribution in [0.25, 0.3) is 0 Å². The topological polar surface area (TPSA) is 40.5 Å². The number of aromatic carboxylic acids is 1. The number of hydrogen-bond donors (Lipinski definition) is 1. The minimum atomic E-state index is -0.817. The van der Waals surface area contributed by atoms with Crippen molar-refractivity contribution >= 4 is 23.0 Å². The van der Waals surface area contributed by atoms with Crippen molar-refractivity contribution in [3.63, 3.8) is 0 Å². The van der Waals surface area contributed by atoms with E-state index in [1.54, 1.807) is 6.07 Å². The minimum absolute atomic E-state index is 0.442. The molecule has 0 spiro atoms. The predicted molar refractivity (Wildman–Crippen MR) is 66.6 cm³/mol. The van der Waals surface area contributed by atoms with Gasteiger partial charge in [-0.3, -0.25) is 0 Å². The van der Waals surface area contributed by atoms with Crippen molar-refractivity contribution in [2.24, 2.45) is 0 Å². The quantitative estimate of drug-likeness (QED) is 0.828. The molecule has 1 aliphatic carbocycles. The first-order valence-corrected chi connectivity index (χ1v) is 6.68. The van der Waals surface area contributed by atoms with Crippen LogP contribution in [0.2, 0.25) is 0 Å². The number of anilines is 1. The molecule has 0 amide bonds. The molecule has 1 heterocycles. The van der Waals surface area contributed by atoms with Gasteiger partial charge in [0, 0.05) is 23.7 Å². The number of unbranched alkanes of at least 4 members (excludes halogenated alkanes) is 1. The van der Waals surface area contributed by atoms with Crippen LogP contribution >= 0.6 is 11.3 Å². The molecule has 0 saturated heterocycles.